The number of unbranched alkanes of at least 4 members (excludes halogenated alkanes) is 8. The normalized spacial score (nSPS) is 11.8. The maximum absolute atomic E-state index is 11.2. The molecule has 20 heavy (non-hydrogen) atoms. The molecule has 0 aromatic heterocycles. The lowest BCUT2D eigenvalue weighted by atomic mass is 9.97. The molecule has 120 valence electrons. The van der Waals surface area contributed by atoms with Crippen molar-refractivity contribution in [1.29, 1.82) is 0 Å². The van der Waals surface area contributed by atoms with Crippen molar-refractivity contribution < 1.29 is 14.6 Å². The average molecular weight is 286 g/mol. The average Bonchev–Trinajstić information content (AvgIpc) is 2.45. The minimum atomic E-state index is -0.958. The smallest absolute Gasteiger partial charge is 0.335 e. The van der Waals surface area contributed by atoms with Gasteiger partial charge in [-0.25, -0.2) is 4.79 Å². The molecule has 0 radical (unpaired) electrons. The van der Waals surface area contributed by atoms with Gasteiger partial charge in [0.2, 0.25) is 0 Å². The third kappa shape index (κ3) is 7.88. The van der Waals surface area contributed by atoms with Gasteiger partial charge in [-0.05, 0) is 19.3 Å². The number of aliphatic carboxylic acids is 1. The number of carboxylic acid groups (broad SMARTS) is 1. The maximum Gasteiger partial charge on any atom is 0.335 e. The van der Waals surface area contributed by atoms with E-state index < -0.39 is 11.6 Å². The minimum Gasteiger partial charge on any atom is -0.479 e. The second kappa shape index (κ2) is 12.2. The minimum absolute atomic E-state index is 0.538. The predicted octanol–water partition coefficient (Wildman–Crippen LogP) is 5.18. The van der Waals surface area contributed by atoms with Crippen LogP contribution in [0.1, 0.15) is 91.4 Å². The Morgan fingerprint density at radius 3 is 1.70 bits per heavy atom. The van der Waals surface area contributed by atoms with Crippen LogP contribution in [-0.4, -0.2) is 23.3 Å². The Balaban J connectivity index is 3.53. The SMILES string of the molecule is CCCCCCCCCCCOC(CC)(CC)C(=O)O. The van der Waals surface area contributed by atoms with Gasteiger partial charge in [-0.1, -0.05) is 72.1 Å². The van der Waals surface area contributed by atoms with E-state index in [4.69, 9.17) is 4.74 Å². The highest BCUT2D eigenvalue weighted by atomic mass is 16.5. The molecule has 0 rings (SSSR count). The standard InChI is InChI=1S/C17H34O3/c1-4-7-8-9-10-11-12-13-14-15-20-17(5-2,6-3)16(18)19/h4-15H2,1-3H3,(H,18,19). The summed E-state index contributed by atoms with van der Waals surface area (Å²) in [5, 5.41) is 9.24. The van der Waals surface area contributed by atoms with Crippen molar-refractivity contribution in [2.24, 2.45) is 0 Å². The highest BCUT2D eigenvalue weighted by Crippen LogP contribution is 2.21. The summed E-state index contributed by atoms with van der Waals surface area (Å²) in [7, 11) is 0. The molecule has 0 amide bonds. The topological polar surface area (TPSA) is 46.5 Å². The zero-order chi connectivity index (χ0) is 15.3. The van der Waals surface area contributed by atoms with Crippen molar-refractivity contribution in [3.8, 4) is 0 Å². The second-order valence-corrected chi connectivity index (χ2v) is 5.68. The fourth-order valence-electron chi connectivity index (χ4n) is 2.50. The van der Waals surface area contributed by atoms with E-state index in [0.717, 1.165) is 12.8 Å². The number of carbonyl (C=O) groups is 1. The van der Waals surface area contributed by atoms with E-state index in [-0.39, 0.29) is 0 Å². The first-order valence-corrected chi connectivity index (χ1v) is 8.50. The van der Waals surface area contributed by atoms with E-state index in [2.05, 4.69) is 6.92 Å². The predicted molar refractivity (Wildman–Crippen MR) is 84.1 cm³/mol. The van der Waals surface area contributed by atoms with Gasteiger partial charge < -0.3 is 9.84 Å². The van der Waals surface area contributed by atoms with Crippen LogP contribution in [0.3, 0.4) is 0 Å². The first kappa shape index (κ1) is 19.4. The summed E-state index contributed by atoms with van der Waals surface area (Å²) in [6.07, 6.45) is 12.5. The molecule has 0 aliphatic carbocycles. The summed E-state index contributed by atoms with van der Waals surface area (Å²) < 4.78 is 5.65. The zero-order valence-electron chi connectivity index (χ0n) is 13.7. The van der Waals surface area contributed by atoms with Gasteiger partial charge in [-0.3, -0.25) is 0 Å². The largest absolute Gasteiger partial charge is 0.479 e. The van der Waals surface area contributed by atoms with Crippen LogP contribution >= 0.6 is 0 Å². The van der Waals surface area contributed by atoms with Gasteiger partial charge in [0.15, 0.2) is 5.60 Å². The monoisotopic (exact) mass is 286 g/mol. The molecule has 0 aliphatic heterocycles. The van der Waals surface area contributed by atoms with Crippen LogP contribution in [0.25, 0.3) is 0 Å². The van der Waals surface area contributed by atoms with E-state index in [1.54, 1.807) is 0 Å². The number of rotatable bonds is 14. The lowest BCUT2D eigenvalue weighted by Gasteiger charge is -2.27. The highest BCUT2D eigenvalue weighted by molar-refractivity contribution is 5.77. The summed E-state index contributed by atoms with van der Waals surface area (Å²) in [5.74, 6) is -0.821. The van der Waals surface area contributed by atoms with Gasteiger partial charge in [-0.2, -0.15) is 0 Å². The van der Waals surface area contributed by atoms with Gasteiger partial charge in [0.05, 0.1) is 0 Å². The molecule has 0 aromatic carbocycles. The van der Waals surface area contributed by atoms with Crippen molar-refractivity contribution in [3.63, 3.8) is 0 Å². The summed E-state index contributed by atoms with van der Waals surface area (Å²) in [6, 6.07) is 0. The van der Waals surface area contributed by atoms with Crippen molar-refractivity contribution in [3.05, 3.63) is 0 Å². The zero-order valence-corrected chi connectivity index (χ0v) is 13.7. The van der Waals surface area contributed by atoms with Crippen LogP contribution in [-0.2, 0) is 9.53 Å². The fourth-order valence-corrected chi connectivity index (χ4v) is 2.50. The highest BCUT2D eigenvalue weighted by Gasteiger charge is 2.35. The lowest BCUT2D eigenvalue weighted by Crippen LogP contribution is -2.40. The van der Waals surface area contributed by atoms with Crippen LogP contribution in [0.4, 0.5) is 0 Å². The summed E-state index contributed by atoms with van der Waals surface area (Å²) in [4.78, 5) is 11.2. The molecule has 0 saturated carbocycles. The van der Waals surface area contributed by atoms with Gasteiger partial charge in [-0.15, -0.1) is 0 Å². The van der Waals surface area contributed by atoms with Crippen molar-refractivity contribution in [1.82, 2.24) is 0 Å². The third-order valence-electron chi connectivity index (χ3n) is 4.16. The van der Waals surface area contributed by atoms with E-state index in [9.17, 15) is 9.90 Å². The van der Waals surface area contributed by atoms with Gasteiger partial charge >= 0.3 is 5.97 Å². The Labute approximate surface area is 125 Å². The van der Waals surface area contributed by atoms with E-state index >= 15 is 0 Å². The Morgan fingerprint density at radius 1 is 0.850 bits per heavy atom. The quantitative estimate of drug-likeness (QED) is 0.448. The molecule has 0 heterocycles. The third-order valence-corrected chi connectivity index (χ3v) is 4.16. The van der Waals surface area contributed by atoms with Crippen LogP contribution < -0.4 is 0 Å². The molecule has 1 N–H and O–H groups in total. The van der Waals surface area contributed by atoms with E-state index in [1.165, 1.54) is 44.9 Å². The molecule has 3 heteroatoms. The van der Waals surface area contributed by atoms with Crippen LogP contribution in [0.2, 0.25) is 0 Å². The van der Waals surface area contributed by atoms with Gasteiger partial charge in [0, 0.05) is 6.61 Å². The Hall–Kier alpha value is -0.570. The molecule has 0 aromatic rings. The lowest BCUT2D eigenvalue weighted by molar-refractivity contribution is -0.167. The molecule has 3 nitrogen and oxygen atoms in total. The Morgan fingerprint density at radius 2 is 1.30 bits per heavy atom. The fraction of sp³-hybridized carbons (Fsp3) is 0.941. The summed E-state index contributed by atoms with van der Waals surface area (Å²) >= 11 is 0. The van der Waals surface area contributed by atoms with Gasteiger partial charge in [0.25, 0.3) is 0 Å². The summed E-state index contributed by atoms with van der Waals surface area (Å²) in [5.41, 5.74) is -0.958. The van der Waals surface area contributed by atoms with Crippen LogP contribution in [0.15, 0.2) is 0 Å². The Bertz CT molecular complexity index is 234. The van der Waals surface area contributed by atoms with E-state index in [0.29, 0.717) is 19.4 Å². The molecule has 0 saturated heterocycles. The first-order valence-electron chi connectivity index (χ1n) is 8.50. The first-order chi connectivity index (χ1) is 9.63. The molecule has 0 unspecified atom stereocenters. The molecule has 0 atom stereocenters. The van der Waals surface area contributed by atoms with Crippen molar-refractivity contribution >= 4 is 5.97 Å². The summed E-state index contributed by atoms with van der Waals surface area (Å²) in [6.45, 7) is 6.58. The van der Waals surface area contributed by atoms with Crippen molar-refractivity contribution in [2.75, 3.05) is 6.61 Å². The second-order valence-electron chi connectivity index (χ2n) is 5.68. The molecule has 0 spiro atoms. The number of hydrogen-bond donors (Lipinski definition) is 1. The number of hydrogen-bond acceptors (Lipinski definition) is 2. The number of carboxylic acids is 1. The van der Waals surface area contributed by atoms with Gasteiger partial charge in [0.1, 0.15) is 0 Å². The maximum atomic E-state index is 11.2. The molecule has 0 bridgehead atoms. The van der Waals surface area contributed by atoms with E-state index in [1.807, 2.05) is 13.8 Å². The molecular weight excluding hydrogens is 252 g/mol. The molecule has 0 fully saturated rings. The number of ether oxygens (including phenoxy) is 1. The molecular formula is C17H34O3. The molecule has 0 aliphatic rings. The van der Waals surface area contributed by atoms with Crippen LogP contribution in [0.5, 0.6) is 0 Å². The Kier molecular flexibility index (Phi) is 11.8. The van der Waals surface area contributed by atoms with Crippen LogP contribution in [0, 0.1) is 0 Å². The van der Waals surface area contributed by atoms with Crippen molar-refractivity contribution in [2.45, 2.75) is 97.0 Å².